The van der Waals surface area contributed by atoms with Gasteiger partial charge in [-0.05, 0) is 57.9 Å². The SMILES string of the molecule is CC1=CC(C)(C)N(C(C)C)c2ccc(C=NO)cc21. The Morgan fingerprint density at radius 2 is 2.00 bits per heavy atom. The zero-order chi connectivity index (χ0) is 14.2. The van der Waals surface area contributed by atoms with Gasteiger partial charge in [0, 0.05) is 17.3 Å². The largest absolute Gasteiger partial charge is 0.411 e. The molecule has 3 nitrogen and oxygen atoms in total. The molecule has 1 N–H and O–H groups in total. The molecule has 0 atom stereocenters. The number of nitrogens with zero attached hydrogens (tertiary/aromatic N) is 2. The number of anilines is 1. The molecule has 0 unspecified atom stereocenters. The summed E-state index contributed by atoms with van der Waals surface area (Å²) in [5, 5.41) is 11.8. The highest BCUT2D eigenvalue weighted by molar-refractivity contribution is 5.87. The fraction of sp³-hybridized carbons (Fsp3) is 0.438. The van der Waals surface area contributed by atoms with Crippen molar-refractivity contribution in [3.63, 3.8) is 0 Å². The predicted molar refractivity (Wildman–Crippen MR) is 81.2 cm³/mol. The smallest absolute Gasteiger partial charge is 0.0734 e. The average Bonchev–Trinajstić information content (AvgIpc) is 2.28. The maximum absolute atomic E-state index is 8.66. The van der Waals surface area contributed by atoms with Crippen molar-refractivity contribution < 1.29 is 5.21 Å². The maximum Gasteiger partial charge on any atom is 0.0734 e. The van der Waals surface area contributed by atoms with Gasteiger partial charge in [0.1, 0.15) is 0 Å². The van der Waals surface area contributed by atoms with Crippen LogP contribution in [0, 0.1) is 0 Å². The summed E-state index contributed by atoms with van der Waals surface area (Å²) in [6.07, 6.45) is 3.77. The summed E-state index contributed by atoms with van der Waals surface area (Å²) in [6.45, 7) is 11.0. The van der Waals surface area contributed by atoms with Crippen molar-refractivity contribution in [2.75, 3.05) is 4.90 Å². The third kappa shape index (κ3) is 2.37. The molecule has 0 fully saturated rings. The van der Waals surface area contributed by atoms with Gasteiger partial charge in [0.05, 0.1) is 11.8 Å². The lowest BCUT2D eigenvalue weighted by molar-refractivity contribution is 0.322. The Balaban J connectivity index is 2.61. The first-order chi connectivity index (χ1) is 8.86. The van der Waals surface area contributed by atoms with E-state index in [1.54, 1.807) is 0 Å². The predicted octanol–water partition coefficient (Wildman–Crippen LogP) is 3.91. The van der Waals surface area contributed by atoms with Gasteiger partial charge in [-0.2, -0.15) is 0 Å². The summed E-state index contributed by atoms with van der Waals surface area (Å²) in [5.41, 5.74) is 4.65. The molecule has 1 aromatic carbocycles. The van der Waals surface area contributed by atoms with E-state index in [1.807, 2.05) is 6.07 Å². The van der Waals surface area contributed by atoms with Crippen molar-refractivity contribution in [1.82, 2.24) is 0 Å². The number of hydrogen-bond donors (Lipinski definition) is 1. The molecular formula is C16H22N2O. The van der Waals surface area contributed by atoms with E-state index in [0.717, 1.165) is 5.56 Å². The van der Waals surface area contributed by atoms with Gasteiger partial charge in [-0.1, -0.05) is 17.3 Å². The van der Waals surface area contributed by atoms with Crippen LogP contribution in [0.4, 0.5) is 5.69 Å². The van der Waals surface area contributed by atoms with Crippen LogP contribution in [0.3, 0.4) is 0 Å². The molecule has 0 spiro atoms. The number of oxime groups is 1. The van der Waals surface area contributed by atoms with Gasteiger partial charge in [-0.3, -0.25) is 0 Å². The fourth-order valence-electron chi connectivity index (χ4n) is 3.16. The second-order valence-corrected chi connectivity index (χ2v) is 5.97. The van der Waals surface area contributed by atoms with Crippen molar-refractivity contribution in [3.05, 3.63) is 35.4 Å². The average molecular weight is 258 g/mol. The van der Waals surface area contributed by atoms with Gasteiger partial charge in [-0.25, -0.2) is 0 Å². The molecule has 0 bridgehead atoms. The van der Waals surface area contributed by atoms with Crippen molar-refractivity contribution in [2.24, 2.45) is 5.16 Å². The number of hydrogen-bond acceptors (Lipinski definition) is 3. The van der Waals surface area contributed by atoms with Crippen LogP contribution in [0.15, 0.2) is 29.4 Å². The Morgan fingerprint density at radius 3 is 2.58 bits per heavy atom. The second-order valence-electron chi connectivity index (χ2n) is 5.97. The van der Waals surface area contributed by atoms with Crippen molar-refractivity contribution in [2.45, 2.75) is 46.2 Å². The first-order valence-corrected chi connectivity index (χ1v) is 6.67. The number of rotatable bonds is 2. The van der Waals surface area contributed by atoms with Crippen LogP contribution in [0.2, 0.25) is 0 Å². The lowest BCUT2D eigenvalue weighted by Gasteiger charge is -2.46. The molecule has 0 aromatic heterocycles. The molecule has 19 heavy (non-hydrogen) atoms. The molecule has 1 aliphatic rings. The Hall–Kier alpha value is -1.77. The highest BCUT2D eigenvalue weighted by atomic mass is 16.4. The van der Waals surface area contributed by atoms with Crippen LogP contribution < -0.4 is 4.90 Å². The summed E-state index contributed by atoms with van der Waals surface area (Å²) in [5.74, 6) is 0. The van der Waals surface area contributed by atoms with Crippen molar-refractivity contribution >= 4 is 17.5 Å². The molecule has 102 valence electrons. The molecule has 1 aromatic rings. The van der Waals surface area contributed by atoms with Crippen LogP contribution in [-0.4, -0.2) is 23.0 Å². The number of fused-ring (bicyclic) bond motifs is 1. The molecule has 1 aliphatic heterocycles. The van der Waals surface area contributed by atoms with Gasteiger partial charge in [0.2, 0.25) is 0 Å². The lowest BCUT2D eigenvalue weighted by Crippen LogP contribution is -2.49. The van der Waals surface area contributed by atoms with E-state index in [4.69, 9.17) is 5.21 Å². The molecule has 0 radical (unpaired) electrons. The first-order valence-electron chi connectivity index (χ1n) is 6.67. The summed E-state index contributed by atoms with van der Waals surface area (Å²) in [6, 6.07) is 6.61. The van der Waals surface area contributed by atoms with E-state index in [0.29, 0.717) is 6.04 Å². The lowest BCUT2D eigenvalue weighted by atomic mass is 9.87. The third-order valence-corrected chi connectivity index (χ3v) is 3.62. The van der Waals surface area contributed by atoms with E-state index in [1.165, 1.54) is 23.0 Å². The Kier molecular flexibility index (Phi) is 3.40. The van der Waals surface area contributed by atoms with Crippen LogP contribution in [0.25, 0.3) is 5.57 Å². The Bertz CT molecular complexity index is 542. The van der Waals surface area contributed by atoms with E-state index >= 15 is 0 Å². The van der Waals surface area contributed by atoms with Gasteiger partial charge in [0.15, 0.2) is 0 Å². The van der Waals surface area contributed by atoms with Crippen LogP contribution in [0.1, 0.15) is 45.7 Å². The Morgan fingerprint density at radius 1 is 1.32 bits per heavy atom. The monoisotopic (exact) mass is 258 g/mol. The van der Waals surface area contributed by atoms with Gasteiger partial charge in [-0.15, -0.1) is 0 Å². The van der Waals surface area contributed by atoms with Crippen molar-refractivity contribution in [1.29, 1.82) is 0 Å². The zero-order valence-electron chi connectivity index (χ0n) is 12.3. The van der Waals surface area contributed by atoms with Gasteiger partial charge >= 0.3 is 0 Å². The minimum Gasteiger partial charge on any atom is -0.411 e. The minimum atomic E-state index is 0.0117. The number of allylic oxidation sites excluding steroid dienone is 1. The van der Waals surface area contributed by atoms with Gasteiger partial charge in [0.25, 0.3) is 0 Å². The highest BCUT2D eigenvalue weighted by Gasteiger charge is 2.32. The van der Waals surface area contributed by atoms with E-state index < -0.39 is 0 Å². The molecule has 2 rings (SSSR count). The summed E-state index contributed by atoms with van der Waals surface area (Å²) in [7, 11) is 0. The molecule has 1 heterocycles. The van der Waals surface area contributed by atoms with E-state index in [9.17, 15) is 0 Å². The fourth-order valence-corrected chi connectivity index (χ4v) is 3.16. The Labute approximate surface area is 115 Å². The normalized spacial score (nSPS) is 17.8. The maximum atomic E-state index is 8.66. The van der Waals surface area contributed by atoms with Crippen LogP contribution >= 0.6 is 0 Å². The molecule has 0 aliphatic carbocycles. The molecule has 3 heteroatoms. The van der Waals surface area contributed by atoms with Crippen LogP contribution in [0.5, 0.6) is 0 Å². The first kappa shape index (κ1) is 13.7. The van der Waals surface area contributed by atoms with Crippen LogP contribution in [-0.2, 0) is 0 Å². The van der Waals surface area contributed by atoms with Gasteiger partial charge < -0.3 is 10.1 Å². The molecular weight excluding hydrogens is 236 g/mol. The molecule has 0 amide bonds. The second kappa shape index (κ2) is 4.72. The summed E-state index contributed by atoms with van der Waals surface area (Å²) in [4.78, 5) is 2.43. The molecule has 0 saturated carbocycles. The summed E-state index contributed by atoms with van der Waals surface area (Å²) >= 11 is 0. The standard InChI is InChI=1S/C16H22N2O/c1-11(2)18-15-7-6-13(10-17-19)8-14(15)12(3)9-16(18,4)5/h6-11,19H,1-5H3. The van der Waals surface area contributed by atoms with E-state index in [-0.39, 0.29) is 5.54 Å². The summed E-state index contributed by atoms with van der Waals surface area (Å²) < 4.78 is 0. The molecule has 0 saturated heterocycles. The third-order valence-electron chi connectivity index (χ3n) is 3.62. The topological polar surface area (TPSA) is 35.8 Å². The van der Waals surface area contributed by atoms with E-state index in [2.05, 4.69) is 62.9 Å². The minimum absolute atomic E-state index is 0.0117. The zero-order valence-corrected chi connectivity index (χ0v) is 12.3. The quantitative estimate of drug-likeness (QED) is 0.496. The number of benzene rings is 1. The highest BCUT2D eigenvalue weighted by Crippen LogP contribution is 2.40. The van der Waals surface area contributed by atoms with Crippen molar-refractivity contribution in [3.8, 4) is 0 Å².